The number of likely N-dealkylation sites (N-methyl/N-ethyl adjacent to an activating group) is 1. The zero-order valence-electron chi connectivity index (χ0n) is 9.37. The molecule has 1 aromatic rings. The summed E-state index contributed by atoms with van der Waals surface area (Å²) in [6.45, 7) is 1.54. The fourth-order valence-corrected chi connectivity index (χ4v) is 2.19. The SMILES string of the molecule is COCCN(C)c1ccc(C(N)=S)c(Br)c1. The fourth-order valence-electron chi connectivity index (χ4n) is 1.30. The van der Waals surface area contributed by atoms with Gasteiger partial charge in [0.15, 0.2) is 0 Å². The molecule has 0 heterocycles. The lowest BCUT2D eigenvalue weighted by molar-refractivity contribution is 0.206. The summed E-state index contributed by atoms with van der Waals surface area (Å²) in [7, 11) is 3.71. The summed E-state index contributed by atoms with van der Waals surface area (Å²) in [6, 6.07) is 5.92. The van der Waals surface area contributed by atoms with Crippen LogP contribution in [0.2, 0.25) is 0 Å². The van der Waals surface area contributed by atoms with E-state index in [4.69, 9.17) is 22.7 Å². The number of hydrogen-bond acceptors (Lipinski definition) is 3. The molecule has 0 spiro atoms. The van der Waals surface area contributed by atoms with E-state index in [1.54, 1.807) is 7.11 Å². The highest BCUT2D eigenvalue weighted by Gasteiger charge is 2.06. The van der Waals surface area contributed by atoms with Gasteiger partial charge in [0, 0.05) is 36.4 Å². The van der Waals surface area contributed by atoms with Crippen LogP contribution in [0.4, 0.5) is 5.69 Å². The third-order valence-electron chi connectivity index (χ3n) is 2.29. The second-order valence-corrected chi connectivity index (χ2v) is 4.74. The quantitative estimate of drug-likeness (QED) is 0.846. The summed E-state index contributed by atoms with van der Waals surface area (Å²) in [5.41, 5.74) is 7.55. The predicted octanol–water partition coefficient (Wildman–Crippen LogP) is 2.17. The van der Waals surface area contributed by atoms with Gasteiger partial charge in [-0.05, 0) is 34.1 Å². The number of methoxy groups -OCH3 is 1. The normalized spacial score (nSPS) is 10.2. The van der Waals surface area contributed by atoms with Crippen molar-refractivity contribution in [1.82, 2.24) is 0 Å². The van der Waals surface area contributed by atoms with Crippen molar-refractivity contribution in [1.29, 1.82) is 0 Å². The number of rotatable bonds is 5. The predicted molar refractivity (Wildman–Crippen MR) is 75.2 cm³/mol. The van der Waals surface area contributed by atoms with Crippen molar-refractivity contribution < 1.29 is 4.74 Å². The average molecular weight is 303 g/mol. The monoisotopic (exact) mass is 302 g/mol. The molecule has 0 unspecified atom stereocenters. The highest BCUT2D eigenvalue weighted by molar-refractivity contribution is 9.10. The first-order valence-corrected chi connectivity index (χ1v) is 6.06. The van der Waals surface area contributed by atoms with E-state index in [0.717, 1.165) is 22.3 Å². The Morgan fingerprint density at radius 3 is 2.75 bits per heavy atom. The van der Waals surface area contributed by atoms with Crippen molar-refractivity contribution in [2.45, 2.75) is 0 Å². The van der Waals surface area contributed by atoms with Crippen molar-refractivity contribution >= 4 is 38.8 Å². The largest absolute Gasteiger partial charge is 0.389 e. The van der Waals surface area contributed by atoms with Crippen LogP contribution in [0.1, 0.15) is 5.56 Å². The summed E-state index contributed by atoms with van der Waals surface area (Å²) in [4.78, 5) is 2.51. The van der Waals surface area contributed by atoms with Gasteiger partial charge in [0.2, 0.25) is 0 Å². The van der Waals surface area contributed by atoms with Crippen molar-refractivity contribution in [3.63, 3.8) is 0 Å². The number of nitrogens with two attached hydrogens (primary N) is 1. The van der Waals surface area contributed by atoms with Gasteiger partial charge in [0.05, 0.1) is 6.61 Å². The maximum absolute atomic E-state index is 5.59. The molecule has 0 radical (unpaired) electrons. The third kappa shape index (κ3) is 3.43. The Morgan fingerprint density at radius 1 is 1.56 bits per heavy atom. The van der Waals surface area contributed by atoms with E-state index in [1.165, 1.54) is 0 Å². The second-order valence-electron chi connectivity index (χ2n) is 3.44. The highest BCUT2D eigenvalue weighted by Crippen LogP contribution is 2.23. The molecule has 0 bridgehead atoms. The van der Waals surface area contributed by atoms with Crippen molar-refractivity contribution in [3.05, 3.63) is 28.2 Å². The number of benzene rings is 1. The van der Waals surface area contributed by atoms with Crippen LogP contribution in [0.25, 0.3) is 0 Å². The molecule has 1 aromatic carbocycles. The third-order valence-corrected chi connectivity index (χ3v) is 3.17. The molecular formula is C11H15BrN2OS. The summed E-state index contributed by atoms with van der Waals surface area (Å²) in [5.74, 6) is 0. The summed E-state index contributed by atoms with van der Waals surface area (Å²) in [5, 5.41) is 0. The van der Waals surface area contributed by atoms with E-state index in [0.29, 0.717) is 11.6 Å². The van der Waals surface area contributed by atoms with Crippen LogP contribution in [0.15, 0.2) is 22.7 Å². The molecule has 2 N–H and O–H groups in total. The van der Waals surface area contributed by atoms with E-state index >= 15 is 0 Å². The highest BCUT2D eigenvalue weighted by atomic mass is 79.9. The lowest BCUT2D eigenvalue weighted by Crippen LogP contribution is -2.22. The van der Waals surface area contributed by atoms with E-state index < -0.39 is 0 Å². The Hall–Kier alpha value is -0.650. The van der Waals surface area contributed by atoms with E-state index in [2.05, 4.69) is 20.8 Å². The molecule has 0 aromatic heterocycles. The van der Waals surface area contributed by atoms with Crippen LogP contribution in [0.5, 0.6) is 0 Å². The standard InChI is InChI=1S/C11H15BrN2OS/c1-14(5-6-15-2)8-3-4-9(11(13)16)10(12)7-8/h3-4,7H,5-6H2,1-2H3,(H2,13,16). The molecule has 5 heteroatoms. The minimum atomic E-state index is 0.401. The van der Waals surface area contributed by atoms with E-state index in [9.17, 15) is 0 Å². The first-order chi connectivity index (χ1) is 7.56. The van der Waals surface area contributed by atoms with Gasteiger partial charge in [-0.2, -0.15) is 0 Å². The molecule has 0 saturated heterocycles. The Balaban J connectivity index is 2.84. The van der Waals surface area contributed by atoms with Gasteiger partial charge in [0.25, 0.3) is 0 Å². The molecule has 0 atom stereocenters. The zero-order valence-corrected chi connectivity index (χ0v) is 11.8. The Labute approximate surface area is 110 Å². The molecular weight excluding hydrogens is 288 g/mol. The van der Waals surface area contributed by atoms with Crippen molar-refractivity contribution in [3.8, 4) is 0 Å². The molecule has 0 aliphatic carbocycles. The maximum atomic E-state index is 5.59. The number of anilines is 1. The average Bonchev–Trinajstić information content (AvgIpc) is 2.25. The van der Waals surface area contributed by atoms with Crippen molar-refractivity contribution in [2.24, 2.45) is 5.73 Å². The Bertz CT molecular complexity index is 384. The number of nitrogens with zero attached hydrogens (tertiary/aromatic N) is 1. The van der Waals surface area contributed by atoms with Crippen LogP contribution < -0.4 is 10.6 Å². The molecule has 0 aliphatic heterocycles. The number of halogens is 1. The minimum absolute atomic E-state index is 0.401. The molecule has 88 valence electrons. The van der Waals surface area contributed by atoms with Gasteiger partial charge < -0.3 is 15.4 Å². The molecule has 0 aliphatic rings. The van der Waals surface area contributed by atoms with E-state index in [1.807, 2.05) is 25.2 Å². The summed E-state index contributed by atoms with van der Waals surface area (Å²) >= 11 is 8.40. The Morgan fingerprint density at radius 2 is 2.25 bits per heavy atom. The Kier molecular flexibility index (Phi) is 5.18. The first kappa shape index (κ1) is 13.4. The molecule has 0 fully saturated rings. The lowest BCUT2D eigenvalue weighted by Gasteiger charge is -2.19. The van der Waals surface area contributed by atoms with Crippen LogP contribution in [-0.4, -0.2) is 32.3 Å². The smallest absolute Gasteiger partial charge is 0.105 e. The van der Waals surface area contributed by atoms with Gasteiger partial charge >= 0.3 is 0 Å². The van der Waals surface area contributed by atoms with Gasteiger partial charge in [-0.15, -0.1) is 0 Å². The van der Waals surface area contributed by atoms with Gasteiger partial charge in [-0.3, -0.25) is 0 Å². The van der Waals surface area contributed by atoms with E-state index in [-0.39, 0.29) is 0 Å². The molecule has 1 rings (SSSR count). The second kappa shape index (κ2) is 6.18. The number of hydrogen-bond donors (Lipinski definition) is 1. The van der Waals surface area contributed by atoms with Crippen molar-refractivity contribution in [2.75, 3.05) is 32.2 Å². The zero-order chi connectivity index (χ0) is 12.1. The topological polar surface area (TPSA) is 38.5 Å². The number of thiocarbonyl (C=S) groups is 1. The molecule has 3 nitrogen and oxygen atoms in total. The van der Waals surface area contributed by atoms with Crippen LogP contribution in [-0.2, 0) is 4.74 Å². The fraction of sp³-hybridized carbons (Fsp3) is 0.364. The van der Waals surface area contributed by atoms with Gasteiger partial charge in [-0.1, -0.05) is 12.2 Å². The van der Waals surface area contributed by atoms with Crippen LogP contribution >= 0.6 is 28.1 Å². The summed E-state index contributed by atoms with van der Waals surface area (Å²) < 4.78 is 5.95. The maximum Gasteiger partial charge on any atom is 0.105 e. The molecule has 0 saturated carbocycles. The molecule has 0 amide bonds. The van der Waals surface area contributed by atoms with Crippen LogP contribution in [0, 0.1) is 0 Å². The van der Waals surface area contributed by atoms with Gasteiger partial charge in [-0.25, -0.2) is 0 Å². The minimum Gasteiger partial charge on any atom is -0.389 e. The number of ether oxygens (including phenoxy) is 1. The molecule has 16 heavy (non-hydrogen) atoms. The summed E-state index contributed by atoms with van der Waals surface area (Å²) in [6.07, 6.45) is 0. The van der Waals surface area contributed by atoms with Gasteiger partial charge in [0.1, 0.15) is 4.99 Å². The van der Waals surface area contributed by atoms with Crippen LogP contribution in [0.3, 0.4) is 0 Å². The lowest BCUT2D eigenvalue weighted by atomic mass is 10.2. The first-order valence-electron chi connectivity index (χ1n) is 4.85.